The van der Waals surface area contributed by atoms with Gasteiger partial charge in [0.15, 0.2) is 18.7 Å². The van der Waals surface area contributed by atoms with E-state index in [0.717, 1.165) is 5.56 Å². The third kappa shape index (κ3) is 6.14. The molecule has 0 saturated carbocycles. The summed E-state index contributed by atoms with van der Waals surface area (Å²) in [5, 5.41) is 10.8. The standard InChI is InChI=1S/C16H19Cl3O9S/c1-23-15-13(28-29(21,22)25-8-16(17,18)19)11(20)12-10(26-15)7-24-14(27-12)9-5-3-2-4-6-9/h2-6,10-15,20H,7-8H2,1H3/t10-,11+,12-,13-,14-,15+/m1/s1. The van der Waals surface area contributed by atoms with Gasteiger partial charge in [0, 0.05) is 12.7 Å². The monoisotopic (exact) mass is 492 g/mol. The lowest BCUT2D eigenvalue weighted by Gasteiger charge is -2.46. The predicted octanol–water partition coefficient (Wildman–Crippen LogP) is 1.85. The van der Waals surface area contributed by atoms with Gasteiger partial charge >= 0.3 is 10.4 Å². The van der Waals surface area contributed by atoms with Crippen molar-refractivity contribution >= 4 is 45.2 Å². The molecule has 0 aliphatic carbocycles. The molecule has 1 N–H and O–H groups in total. The van der Waals surface area contributed by atoms with Crippen molar-refractivity contribution in [3.8, 4) is 0 Å². The molecule has 2 heterocycles. The van der Waals surface area contributed by atoms with Gasteiger partial charge in [-0.05, 0) is 0 Å². The molecule has 2 fully saturated rings. The second-order valence-electron chi connectivity index (χ2n) is 6.29. The second-order valence-corrected chi connectivity index (χ2v) is 10.1. The fraction of sp³-hybridized carbons (Fsp3) is 0.625. The maximum atomic E-state index is 12.1. The highest BCUT2D eigenvalue weighted by molar-refractivity contribution is 7.81. The summed E-state index contributed by atoms with van der Waals surface area (Å²) in [6, 6.07) is 9.04. The molecule has 0 aromatic heterocycles. The molecule has 2 aliphatic heterocycles. The molecule has 1 aromatic carbocycles. The Kier molecular flexibility index (Phi) is 7.67. The summed E-state index contributed by atoms with van der Waals surface area (Å²) in [7, 11) is -3.39. The molecule has 0 unspecified atom stereocenters. The van der Waals surface area contributed by atoms with E-state index < -0.39 is 57.8 Å². The molecule has 13 heteroatoms. The van der Waals surface area contributed by atoms with E-state index in [1.807, 2.05) is 18.2 Å². The molecule has 1 aromatic rings. The number of hydrogen-bond acceptors (Lipinski definition) is 9. The number of benzene rings is 1. The van der Waals surface area contributed by atoms with Crippen molar-refractivity contribution in [1.82, 2.24) is 0 Å². The van der Waals surface area contributed by atoms with Crippen molar-refractivity contribution < 1.29 is 40.8 Å². The number of fused-ring (bicyclic) bond motifs is 1. The zero-order valence-electron chi connectivity index (χ0n) is 15.0. The maximum absolute atomic E-state index is 12.1. The normalized spacial score (nSPS) is 33.3. The van der Waals surface area contributed by atoms with Crippen molar-refractivity contribution in [2.45, 2.75) is 40.8 Å². The van der Waals surface area contributed by atoms with E-state index in [-0.39, 0.29) is 6.61 Å². The van der Waals surface area contributed by atoms with Gasteiger partial charge in [0.25, 0.3) is 0 Å². The van der Waals surface area contributed by atoms with Gasteiger partial charge in [-0.1, -0.05) is 65.1 Å². The van der Waals surface area contributed by atoms with Gasteiger partial charge in [-0.25, -0.2) is 8.37 Å². The van der Waals surface area contributed by atoms with E-state index in [0.29, 0.717) is 0 Å². The van der Waals surface area contributed by atoms with Crippen molar-refractivity contribution in [3.63, 3.8) is 0 Å². The van der Waals surface area contributed by atoms with Crippen LogP contribution in [-0.2, 0) is 37.7 Å². The lowest BCUT2D eigenvalue weighted by molar-refractivity contribution is -0.355. The molecule has 2 saturated heterocycles. The van der Waals surface area contributed by atoms with Gasteiger partial charge in [0.05, 0.1) is 6.61 Å². The number of methoxy groups -OCH3 is 1. The summed E-state index contributed by atoms with van der Waals surface area (Å²) < 4.78 is 53.9. The van der Waals surface area contributed by atoms with Gasteiger partial charge in [-0.3, -0.25) is 0 Å². The minimum absolute atomic E-state index is 0.0877. The van der Waals surface area contributed by atoms with Crippen molar-refractivity contribution in [3.05, 3.63) is 35.9 Å². The summed E-state index contributed by atoms with van der Waals surface area (Å²) in [5.41, 5.74) is 0.725. The first-order valence-electron chi connectivity index (χ1n) is 8.42. The highest BCUT2D eigenvalue weighted by atomic mass is 35.6. The predicted molar refractivity (Wildman–Crippen MR) is 102 cm³/mol. The Morgan fingerprint density at radius 1 is 1.21 bits per heavy atom. The zero-order valence-corrected chi connectivity index (χ0v) is 18.1. The Labute approximate surface area is 182 Å². The third-order valence-electron chi connectivity index (χ3n) is 4.21. The highest BCUT2D eigenvalue weighted by Gasteiger charge is 2.52. The summed E-state index contributed by atoms with van der Waals surface area (Å²) in [4.78, 5) is 0. The molecule has 0 spiro atoms. The Morgan fingerprint density at radius 2 is 1.90 bits per heavy atom. The van der Waals surface area contributed by atoms with Crippen LogP contribution in [0.3, 0.4) is 0 Å². The molecule has 29 heavy (non-hydrogen) atoms. The summed E-state index contributed by atoms with van der Waals surface area (Å²) in [6.07, 6.45) is -6.60. The fourth-order valence-electron chi connectivity index (χ4n) is 2.94. The number of alkyl halides is 3. The van der Waals surface area contributed by atoms with Gasteiger partial charge in [-0.15, -0.1) is 0 Å². The van der Waals surface area contributed by atoms with Crippen LogP contribution in [0.5, 0.6) is 0 Å². The van der Waals surface area contributed by atoms with Gasteiger partial charge in [0.1, 0.15) is 24.9 Å². The smallest absolute Gasteiger partial charge is 0.387 e. The lowest BCUT2D eigenvalue weighted by Crippen LogP contribution is -2.63. The highest BCUT2D eigenvalue weighted by Crippen LogP contribution is 2.36. The molecule has 9 nitrogen and oxygen atoms in total. The molecule has 0 bridgehead atoms. The van der Waals surface area contributed by atoms with E-state index >= 15 is 0 Å². The van der Waals surface area contributed by atoms with Crippen LogP contribution in [0.2, 0.25) is 0 Å². The lowest BCUT2D eigenvalue weighted by atomic mass is 9.98. The molecule has 3 rings (SSSR count). The number of aliphatic hydroxyl groups is 1. The molecule has 164 valence electrons. The van der Waals surface area contributed by atoms with Crippen LogP contribution >= 0.6 is 34.8 Å². The van der Waals surface area contributed by atoms with Crippen LogP contribution in [0, 0.1) is 0 Å². The first-order valence-corrected chi connectivity index (χ1v) is 10.9. The van der Waals surface area contributed by atoms with E-state index in [4.69, 9.17) is 57.9 Å². The molecule has 6 atom stereocenters. The quantitative estimate of drug-likeness (QED) is 0.594. The van der Waals surface area contributed by atoms with E-state index in [9.17, 15) is 13.5 Å². The summed E-state index contributed by atoms with van der Waals surface area (Å²) in [6.45, 7) is -0.696. The molecule has 0 amide bonds. The number of halogens is 3. The summed E-state index contributed by atoms with van der Waals surface area (Å²) >= 11 is 16.5. The zero-order chi connectivity index (χ0) is 21.2. The van der Waals surface area contributed by atoms with Crippen LogP contribution in [0.4, 0.5) is 0 Å². The van der Waals surface area contributed by atoms with Crippen LogP contribution in [-0.4, -0.2) is 68.3 Å². The Hall–Kier alpha value is -0.240. The summed E-state index contributed by atoms with van der Waals surface area (Å²) in [5.74, 6) is 0. The first kappa shape index (κ1) is 23.4. The van der Waals surface area contributed by atoms with Gasteiger partial charge < -0.3 is 24.1 Å². The topological polar surface area (TPSA) is 110 Å². The average Bonchev–Trinajstić information content (AvgIpc) is 2.68. The second kappa shape index (κ2) is 9.49. The van der Waals surface area contributed by atoms with Gasteiger partial charge in [-0.2, -0.15) is 8.42 Å². The van der Waals surface area contributed by atoms with Gasteiger partial charge in [0.2, 0.25) is 3.79 Å². The number of rotatable bonds is 6. The Morgan fingerprint density at radius 3 is 2.52 bits per heavy atom. The van der Waals surface area contributed by atoms with Crippen LogP contribution in [0.25, 0.3) is 0 Å². The maximum Gasteiger partial charge on any atom is 0.400 e. The van der Waals surface area contributed by atoms with Crippen LogP contribution in [0.15, 0.2) is 30.3 Å². The van der Waals surface area contributed by atoms with Crippen molar-refractivity contribution in [2.24, 2.45) is 0 Å². The SMILES string of the molecule is CO[C@H]1O[C@@H]2CO[C@@H](c3ccccc3)O[C@H]2[C@H](O)[C@H]1OS(=O)(=O)OCC(Cl)(Cl)Cl. The number of aliphatic hydroxyl groups excluding tert-OH is 1. The third-order valence-corrected chi connectivity index (χ3v) is 5.40. The molecular formula is C16H19Cl3O9S. The van der Waals surface area contributed by atoms with Crippen LogP contribution < -0.4 is 0 Å². The van der Waals surface area contributed by atoms with Crippen molar-refractivity contribution in [1.29, 1.82) is 0 Å². The number of hydrogen-bond donors (Lipinski definition) is 1. The van der Waals surface area contributed by atoms with Crippen molar-refractivity contribution in [2.75, 3.05) is 20.3 Å². The minimum atomic E-state index is -4.65. The largest absolute Gasteiger partial charge is 0.400 e. The Bertz CT molecular complexity index is 774. The molecular weight excluding hydrogens is 475 g/mol. The fourth-order valence-corrected chi connectivity index (χ4v) is 4.15. The average molecular weight is 494 g/mol. The number of ether oxygens (including phenoxy) is 4. The Balaban J connectivity index is 1.73. The van der Waals surface area contributed by atoms with E-state index in [1.165, 1.54) is 7.11 Å². The molecule has 2 aliphatic rings. The van der Waals surface area contributed by atoms with E-state index in [1.54, 1.807) is 12.1 Å². The minimum Gasteiger partial charge on any atom is -0.387 e. The van der Waals surface area contributed by atoms with E-state index in [2.05, 4.69) is 4.18 Å². The molecule has 0 radical (unpaired) electrons. The van der Waals surface area contributed by atoms with Crippen LogP contribution in [0.1, 0.15) is 11.9 Å². The first-order chi connectivity index (χ1) is 13.6.